The van der Waals surface area contributed by atoms with Gasteiger partial charge in [0.2, 0.25) is 0 Å². The number of nitrogens with zero attached hydrogens (tertiary/aromatic N) is 2. The van der Waals surface area contributed by atoms with Gasteiger partial charge < -0.3 is 34.5 Å². The van der Waals surface area contributed by atoms with E-state index in [2.05, 4.69) is 10.3 Å². The fraction of sp³-hybridized carbons (Fsp3) is 0.237. The Labute approximate surface area is 283 Å². The van der Waals surface area contributed by atoms with Gasteiger partial charge in [-0.3, -0.25) is 9.36 Å². The monoisotopic (exact) mass is 663 g/mol. The lowest BCUT2D eigenvalue weighted by Gasteiger charge is -2.37. The minimum atomic E-state index is -1.48. The molecule has 0 saturated carbocycles. The molecule has 1 unspecified atom stereocenters. The molecule has 0 aliphatic carbocycles. The standard InChI is InChI=1S/C38H37N3O8/c1-24-22-41(37(45)40-34(24)39-35(44)25-10-6-4-7-11-25)36-33(43)32(42)31(49-36)23-48-38(26-12-8-5-9-13-26,27-14-18-29(46-2)19-15-27)28-16-20-30(47-3)21-17-28/h4-22,31-33,36,42-43H,23H2,1-3H3,(H,39,40,44,45)/t31-,32+,33?,36-/m1/s1. The molecule has 2 heterocycles. The number of aliphatic hydroxyl groups is 2. The third-order valence-electron chi connectivity index (χ3n) is 8.65. The molecular weight excluding hydrogens is 626 g/mol. The zero-order valence-corrected chi connectivity index (χ0v) is 27.2. The summed E-state index contributed by atoms with van der Waals surface area (Å²) < 4.78 is 24.9. The molecule has 1 saturated heterocycles. The van der Waals surface area contributed by atoms with Gasteiger partial charge in [-0.2, -0.15) is 4.98 Å². The zero-order valence-electron chi connectivity index (χ0n) is 27.2. The lowest BCUT2D eigenvalue weighted by molar-refractivity contribution is -0.0958. The molecule has 252 valence electrons. The first-order chi connectivity index (χ1) is 23.7. The minimum absolute atomic E-state index is 0.0784. The Morgan fingerprint density at radius 2 is 1.35 bits per heavy atom. The molecule has 1 aliphatic heterocycles. The highest BCUT2D eigenvalue weighted by atomic mass is 16.6. The van der Waals surface area contributed by atoms with E-state index in [9.17, 15) is 19.8 Å². The third kappa shape index (κ3) is 6.70. The van der Waals surface area contributed by atoms with E-state index in [1.54, 1.807) is 51.5 Å². The van der Waals surface area contributed by atoms with Crippen molar-refractivity contribution in [3.8, 4) is 11.5 Å². The maximum absolute atomic E-state index is 13.2. The van der Waals surface area contributed by atoms with Crippen molar-refractivity contribution in [2.75, 3.05) is 26.1 Å². The van der Waals surface area contributed by atoms with Crippen LogP contribution in [0.1, 0.15) is 38.8 Å². The van der Waals surface area contributed by atoms with Crippen LogP contribution in [-0.4, -0.2) is 64.8 Å². The average molecular weight is 664 g/mol. The fourth-order valence-corrected chi connectivity index (χ4v) is 6.02. The molecule has 1 amide bonds. The summed E-state index contributed by atoms with van der Waals surface area (Å²) in [6, 6.07) is 33.2. The number of rotatable bonds is 11. The topological polar surface area (TPSA) is 141 Å². The van der Waals surface area contributed by atoms with Crippen LogP contribution in [0.5, 0.6) is 11.5 Å². The van der Waals surface area contributed by atoms with Crippen LogP contribution in [0.4, 0.5) is 5.82 Å². The summed E-state index contributed by atoms with van der Waals surface area (Å²) in [7, 11) is 3.19. The van der Waals surface area contributed by atoms with E-state index in [1.165, 1.54) is 6.20 Å². The second kappa shape index (κ2) is 14.4. The SMILES string of the molecule is COc1ccc(C(OC[C@H]2O[C@@H](n3cc(C)c(NC(=O)c4ccccc4)nc3=O)C(O)[C@H]2O)(c2ccccc2)c2ccc(OC)cc2)cc1. The molecule has 1 aromatic heterocycles. The van der Waals surface area contributed by atoms with Crippen LogP contribution in [-0.2, 0) is 15.1 Å². The summed E-state index contributed by atoms with van der Waals surface area (Å²) in [5.41, 5.74) is 1.25. The van der Waals surface area contributed by atoms with Gasteiger partial charge in [0, 0.05) is 17.3 Å². The summed E-state index contributed by atoms with van der Waals surface area (Å²) in [6.45, 7) is 1.49. The predicted octanol–water partition coefficient (Wildman–Crippen LogP) is 4.45. The number of hydrogen-bond acceptors (Lipinski definition) is 9. The van der Waals surface area contributed by atoms with Gasteiger partial charge in [0.05, 0.1) is 20.8 Å². The molecule has 0 bridgehead atoms. The quantitative estimate of drug-likeness (QED) is 0.175. The van der Waals surface area contributed by atoms with Crippen LogP contribution >= 0.6 is 0 Å². The number of anilines is 1. The molecule has 3 N–H and O–H groups in total. The van der Waals surface area contributed by atoms with Crippen molar-refractivity contribution in [3.63, 3.8) is 0 Å². The van der Waals surface area contributed by atoms with Crippen molar-refractivity contribution >= 4 is 11.7 Å². The fourth-order valence-electron chi connectivity index (χ4n) is 6.02. The molecule has 11 nitrogen and oxygen atoms in total. The van der Waals surface area contributed by atoms with Crippen LogP contribution in [0.3, 0.4) is 0 Å². The second-order valence-corrected chi connectivity index (χ2v) is 11.6. The Morgan fingerprint density at radius 3 is 1.90 bits per heavy atom. The van der Waals surface area contributed by atoms with Gasteiger partial charge >= 0.3 is 5.69 Å². The van der Waals surface area contributed by atoms with E-state index in [0.717, 1.165) is 21.3 Å². The van der Waals surface area contributed by atoms with E-state index < -0.39 is 41.7 Å². The Morgan fingerprint density at radius 1 is 0.816 bits per heavy atom. The van der Waals surface area contributed by atoms with Crippen molar-refractivity contribution in [3.05, 3.63) is 154 Å². The van der Waals surface area contributed by atoms with Crippen LogP contribution in [0.2, 0.25) is 0 Å². The number of methoxy groups -OCH3 is 2. The summed E-state index contributed by atoms with van der Waals surface area (Å²) in [4.78, 5) is 30.0. The second-order valence-electron chi connectivity index (χ2n) is 11.6. The highest BCUT2D eigenvalue weighted by Gasteiger charge is 2.47. The number of amides is 1. The highest BCUT2D eigenvalue weighted by Crippen LogP contribution is 2.42. The molecule has 0 radical (unpaired) electrons. The number of hydrogen-bond donors (Lipinski definition) is 3. The lowest BCUT2D eigenvalue weighted by Crippen LogP contribution is -2.39. The van der Waals surface area contributed by atoms with Gasteiger partial charge in [0.1, 0.15) is 41.2 Å². The van der Waals surface area contributed by atoms with Gasteiger partial charge in [-0.25, -0.2) is 4.79 Å². The van der Waals surface area contributed by atoms with Crippen LogP contribution < -0.4 is 20.5 Å². The first-order valence-electron chi connectivity index (χ1n) is 15.7. The summed E-state index contributed by atoms with van der Waals surface area (Å²) in [6.07, 6.45) is -3.76. The van der Waals surface area contributed by atoms with Crippen molar-refractivity contribution in [1.29, 1.82) is 0 Å². The van der Waals surface area contributed by atoms with E-state index in [1.807, 2.05) is 78.9 Å². The maximum atomic E-state index is 13.2. The van der Waals surface area contributed by atoms with Crippen LogP contribution in [0.15, 0.2) is 120 Å². The summed E-state index contributed by atoms with van der Waals surface area (Å²) in [5.74, 6) is 0.991. The molecule has 1 aliphatic rings. The van der Waals surface area contributed by atoms with Crippen LogP contribution in [0.25, 0.3) is 0 Å². The largest absolute Gasteiger partial charge is 0.497 e. The smallest absolute Gasteiger partial charge is 0.351 e. The van der Waals surface area contributed by atoms with Crippen molar-refractivity contribution in [2.45, 2.75) is 37.1 Å². The number of nitrogens with one attached hydrogen (secondary N) is 1. The van der Waals surface area contributed by atoms with E-state index in [-0.39, 0.29) is 12.4 Å². The molecule has 1 fully saturated rings. The maximum Gasteiger partial charge on any atom is 0.351 e. The first kappa shape index (κ1) is 33.6. The third-order valence-corrected chi connectivity index (χ3v) is 8.65. The minimum Gasteiger partial charge on any atom is -0.497 e. The van der Waals surface area contributed by atoms with Gasteiger partial charge in [-0.15, -0.1) is 0 Å². The molecule has 6 rings (SSSR count). The predicted molar refractivity (Wildman–Crippen MR) is 182 cm³/mol. The number of aryl methyl sites for hydroxylation is 1. The summed E-state index contributed by atoms with van der Waals surface area (Å²) in [5, 5.41) is 25.0. The first-order valence-corrected chi connectivity index (χ1v) is 15.7. The molecule has 0 spiro atoms. The van der Waals surface area contributed by atoms with Crippen molar-refractivity contribution < 1.29 is 34.0 Å². The number of aliphatic hydroxyl groups excluding tert-OH is 2. The normalized spacial score (nSPS) is 19.0. The van der Waals surface area contributed by atoms with E-state index >= 15 is 0 Å². The Balaban J connectivity index is 1.31. The van der Waals surface area contributed by atoms with Gasteiger partial charge in [-0.1, -0.05) is 72.8 Å². The molecule has 5 aromatic rings. The van der Waals surface area contributed by atoms with Gasteiger partial charge in [0.15, 0.2) is 6.23 Å². The van der Waals surface area contributed by atoms with Gasteiger partial charge in [-0.05, 0) is 60.0 Å². The number of carbonyl (C=O) groups is 1. The van der Waals surface area contributed by atoms with Gasteiger partial charge in [0.25, 0.3) is 5.91 Å². The van der Waals surface area contributed by atoms with E-state index in [0.29, 0.717) is 22.6 Å². The molecule has 4 aromatic carbocycles. The number of carbonyl (C=O) groups excluding carboxylic acids is 1. The van der Waals surface area contributed by atoms with Crippen molar-refractivity contribution in [1.82, 2.24) is 9.55 Å². The Bertz CT molecular complexity index is 1890. The highest BCUT2D eigenvalue weighted by molar-refractivity contribution is 6.04. The molecular formula is C38H37N3O8. The van der Waals surface area contributed by atoms with Crippen molar-refractivity contribution in [2.24, 2.45) is 0 Å². The Hall–Kier alpha value is -5.33. The lowest BCUT2D eigenvalue weighted by atomic mass is 9.80. The Kier molecular flexibility index (Phi) is 9.88. The summed E-state index contributed by atoms with van der Waals surface area (Å²) >= 11 is 0. The number of ether oxygens (including phenoxy) is 4. The number of benzene rings is 4. The molecule has 11 heteroatoms. The van der Waals surface area contributed by atoms with E-state index in [4.69, 9.17) is 18.9 Å². The number of aromatic nitrogens is 2. The van der Waals surface area contributed by atoms with Crippen LogP contribution in [0, 0.1) is 6.92 Å². The molecule has 49 heavy (non-hydrogen) atoms. The average Bonchev–Trinajstić information content (AvgIpc) is 3.43. The zero-order chi connectivity index (χ0) is 34.5. The molecule has 4 atom stereocenters.